The third kappa shape index (κ3) is 8.55. The highest BCUT2D eigenvalue weighted by atomic mass is 32.2. The molecule has 2 heterocycles. The number of fused-ring (bicyclic) bond motifs is 6. The lowest BCUT2D eigenvalue weighted by Crippen LogP contribution is -2.36. The summed E-state index contributed by atoms with van der Waals surface area (Å²) in [5.41, 5.74) is 4.85. The minimum atomic E-state index is -4.53. The van der Waals surface area contributed by atoms with E-state index in [9.17, 15) is 49.1 Å². The average molecular weight is 842 g/mol. The van der Waals surface area contributed by atoms with Crippen molar-refractivity contribution < 1.29 is 68.3 Å². The van der Waals surface area contributed by atoms with Crippen molar-refractivity contribution in [3.05, 3.63) is 94.7 Å². The molecule has 16 nitrogen and oxygen atoms in total. The lowest BCUT2D eigenvalue weighted by Gasteiger charge is -2.28. The Bertz CT molecular complexity index is 2390. The van der Waals surface area contributed by atoms with Crippen LogP contribution in [0.4, 0.5) is 11.4 Å². The van der Waals surface area contributed by atoms with Gasteiger partial charge in [-0.3, -0.25) is 13.7 Å². The third-order valence-corrected chi connectivity index (χ3v) is 13.6. The summed E-state index contributed by atoms with van der Waals surface area (Å²) in [4.78, 5) is 2.06. The van der Waals surface area contributed by atoms with Crippen molar-refractivity contribution in [2.45, 2.75) is 72.4 Å². The van der Waals surface area contributed by atoms with Crippen LogP contribution in [0.2, 0.25) is 0 Å². The lowest BCUT2D eigenvalue weighted by molar-refractivity contribution is -0.448. The first-order chi connectivity index (χ1) is 25.6. The minimum Gasteiger partial charge on any atom is -0.390 e. The number of aliphatic hydroxyl groups is 2. The molecule has 0 bridgehead atoms. The summed E-state index contributed by atoms with van der Waals surface area (Å²) in [6, 6.07) is 9.51. The van der Waals surface area contributed by atoms with Gasteiger partial charge in [0.15, 0.2) is 12.3 Å². The largest absolute Gasteiger partial charge is 0.390 e. The van der Waals surface area contributed by atoms with Crippen molar-refractivity contribution in [3.63, 3.8) is 0 Å². The number of rotatable bonds is 15. The molecule has 0 radical (unpaired) electrons. The summed E-state index contributed by atoms with van der Waals surface area (Å²) in [5.74, 6) is -1.75. The normalized spacial score (nSPS) is 24.4. The summed E-state index contributed by atoms with van der Waals surface area (Å²) in [5, 5.41) is 33.7. The van der Waals surface area contributed by atoms with E-state index >= 15 is 0 Å². The number of anilines is 1. The molecule has 0 spiro atoms. The molecule has 55 heavy (non-hydrogen) atoms. The van der Waals surface area contributed by atoms with E-state index < -0.39 is 64.9 Å². The molecule has 6 rings (SSSR count). The summed E-state index contributed by atoms with van der Waals surface area (Å²) in [7, 11) is -13.5. The second-order valence-corrected chi connectivity index (χ2v) is 19.6. The van der Waals surface area contributed by atoms with Gasteiger partial charge >= 0.3 is 0 Å². The van der Waals surface area contributed by atoms with Crippen LogP contribution in [0.25, 0.3) is 0 Å². The van der Waals surface area contributed by atoms with Crippen LogP contribution in [0.3, 0.4) is 0 Å². The SMILES string of the molecule is CC12CCC(C=CC=CC=C3CCC4(C)C3=[N+](CC(O)CS(=O)(=O)O)c3ccc(SOOO)cc34)=C1N(CC(O)CS(=O)(=O)O)c1ccc(S(=O)(=O)O)cc12. The molecule has 4 atom stereocenters. The van der Waals surface area contributed by atoms with Gasteiger partial charge in [-0.25, -0.2) is 5.26 Å². The molecule has 298 valence electrons. The summed E-state index contributed by atoms with van der Waals surface area (Å²) in [6.07, 6.45) is 8.83. The molecule has 1 fully saturated rings. The maximum atomic E-state index is 12.0. The molecular formula is C35H41N2O14S4+. The number of hydrogen-bond donors (Lipinski definition) is 6. The van der Waals surface area contributed by atoms with E-state index in [-0.39, 0.29) is 18.0 Å². The van der Waals surface area contributed by atoms with Crippen LogP contribution < -0.4 is 4.90 Å². The number of hydrogen-bond acceptors (Lipinski definition) is 13. The molecule has 4 aliphatic rings. The van der Waals surface area contributed by atoms with Crippen LogP contribution in [0.1, 0.15) is 50.7 Å². The molecule has 0 saturated heterocycles. The Balaban J connectivity index is 1.32. The molecule has 2 aliphatic carbocycles. The van der Waals surface area contributed by atoms with Gasteiger partial charge in [0.25, 0.3) is 30.4 Å². The number of β-amino-alcohol motifs (C(OH)–C–C–N with tert-alkyl or cyclic N) is 2. The Morgan fingerprint density at radius 1 is 0.873 bits per heavy atom. The fraction of sp³-hybridized carbons (Fsp3) is 0.400. The van der Waals surface area contributed by atoms with Crippen molar-refractivity contribution in [3.8, 4) is 0 Å². The van der Waals surface area contributed by atoms with Crippen LogP contribution in [0.5, 0.6) is 0 Å². The molecule has 1 saturated carbocycles. The highest BCUT2D eigenvalue weighted by molar-refractivity contribution is 7.94. The van der Waals surface area contributed by atoms with Gasteiger partial charge in [-0.05, 0) is 81.0 Å². The smallest absolute Gasteiger partial charge is 0.294 e. The van der Waals surface area contributed by atoms with Crippen LogP contribution in [-0.2, 0) is 50.6 Å². The lowest BCUT2D eigenvalue weighted by atomic mass is 9.81. The number of aliphatic hydroxyl groups excluding tert-OH is 2. The molecule has 0 amide bonds. The first-order valence-corrected chi connectivity index (χ1v) is 22.4. The van der Waals surface area contributed by atoms with E-state index in [2.05, 4.69) is 9.37 Å². The van der Waals surface area contributed by atoms with Gasteiger partial charge in [0, 0.05) is 45.4 Å². The van der Waals surface area contributed by atoms with E-state index in [1.54, 1.807) is 17.0 Å². The van der Waals surface area contributed by atoms with Gasteiger partial charge in [-0.1, -0.05) is 35.4 Å². The van der Waals surface area contributed by atoms with Gasteiger partial charge in [0.2, 0.25) is 5.69 Å². The molecular weight excluding hydrogens is 801 g/mol. The highest BCUT2D eigenvalue weighted by Crippen LogP contribution is 2.57. The Labute approximate surface area is 323 Å². The summed E-state index contributed by atoms with van der Waals surface area (Å²) >= 11 is 0.798. The fourth-order valence-electron chi connectivity index (χ4n) is 8.44. The predicted octanol–water partition coefficient (Wildman–Crippen LogP) is 3.87. The van der Waals surface area contributed by atoms with Crippen molar-refractivity contribution >= 4 is 59.5 Å². The molecule has 0 aromatic heterocycles. The molecule has 6 N–H and O–H groups in total. The fourth-order valence-corrected chi connectivity index (χ4v) is 10.5. The maximum Gasteiger partial charge on any atom is 0.294 e. The minimum absolute atomic E-state index is 0.110. The first-order valence-electron chi connectivity index (χ1n) is 17.0. The van der Waals surface area contributed by atoms with Crippen molar-refractivity contribution in [1.82, 2.24) is 0 Å². The zero-order valence-corrected chi connectivity index (χ0v) is 32.9. The topological polar surface area (TPSA) is 249 Å². The average Bonchev–Trinajstić information content (AvgIpc) is 3.73. The third-order valence-electron chi connectivity index (χ3n) is 10.6. The predicted molar refractivity (Wildman–Crippen MR) is 202 cm³/mol. The van der Waals surface area contributed by atoms with E-state index in [0.717, 1.165) is 45.8 Å². The number of allylic oxidation sites excluding steroid dienone is 8. The van der Waals surface area contributed by atoms with Gasteiger partial charge in [-0.2, -0.15) is 29.8 Å². The van der Waals surface area contributed by atoms with Crippen LogP contribution in [-0.4, -0.2) is 101 Å². The monoisotopic (exact) mass is 841 g/mol. The molecule has 2 aromatic carbocycles. The Kier molecular flexibility index (Phi) is 11.5. The zero-order valence-electron chi connectivity index (χ0n) is 29.6. The number of benzene rings is 2. The maximum absolute atomic E-state index is 12.0. The van der Waals surface area contributed by atoms with Crippen molar-refractivity contribution in [1.29, 1.82) is 0 Å². The van der Waals surface area contributed by atoms with E-state index in [1.165, 1.54) is 18.2 Å². The second-order valence-electron chi connectivity index (χ2n) is 14.4. The number of nitrogens with zero attached hydrogens (tertiary/aromatic N) is 2. The summed E-state index contributed by atoms with van der Waals surface area (Å²) < 4.78 is 105. The standard InChI is InChI=1S/C35H40N2O14S4/c1-34-14-12-22(32(34)36(18-24(38)20-53(41,42)43)30-10-8-26(16-28(30)34)52-51-50-40)6-4-3-5-7-23-13-15-35(2)29-17-27(55(47,48)49)9-11-31(29)37(33(23)35)19-25(39)21-54(44,45)46/h3-11,16-17,24-25,38-39H,12-15,18-21H2,1-2H3,(H3-,40,41,42,43,44,45,46,47,48,49)/p+1. The zero-order chi connectivity index (χ0) is 40.1. The van der Waals surface area contributed by atoms with Gasteiger partial charge in [-0.15, -0.1) is 4.33 Å². The van der Waals surface area contributed by atoms with Crippen molar-refractivity contribution in [2.24, 2.45) is 0 Å². The molecule has 4 unspecified atom stereocenters. The molecule has 2 aliphatic heterocycles. The van der Waals surface area contributed by atoms with Crippen LogP contribution in [0, 0.1) is 0 Å². The summed E-state index contributed by atoms with van der Waals surface area (Å²) in [6.45, 7) is 3.63. The highest BCUT2D eigenvalue weighted by Gasteiger charge is 2.54. The van der Waals surface area contributed by atoms with E-state index in [1.807, 2.05) is 54.9 Å². The molecule has 20 heteroatoms. The van der Waals surface area contributed by atoms with Gasteiger partial charge in [0.1, 0.15) is 17.6 Å². The van der Waals surface area contributed by atoms with E-state index in [4.69, 9.17) is 5.26 Å². The van der Waals surface area contributed by atoms with Gasteiger partial charge in [0.05, 0.1) is 28.5 Å². The Morgan fingerprint density at radius 2 is 1.56 bits per heavy atom. The first kappa shape index (κ1) is 41.4. The van der Waals surface area contributed by atoms with Crippen LogP contribution in [0.15, 0.2) is 93.4 Å². The van der Waals surface area contributed by atoms with E-state index in [0.29, 0.717) is 41.8 Å². The Hall–Kier alpha value is -3.25. The Morgan fingerprint density at radius 3 is 2.24 bits per heavy atom. The van der Waals surface area contributed by atoms with Crippen LogP contribution >= 0.6 is 12.0 Å². The molecule has 2 aromatic rings. The van der Waals surface area contributed by atoms with Gasteiger partial charge < -0.3 is 15.1 Å². The van der Waals surface area contributed by atoms with Crippen molar-refractivity contribution in [2.75, 3.05) is 29.5 Å². The quantitative estimate of drug-likeness (QED) is 0.0372. The second kappa shape index (κ2) is 15.3.